The Kier molecular flexibility index (Phi) is 5.06. The number of hydrogen-bond donors (Lipinski definition) is 2. The van der Waals surface area contributed by atoms with Crippen LogP contribution in [0.25, 0.3) is 11.1 Å². The molecule has 140 valence electrons. The second-order valence-electron chi connectivity index (χ2n) is 6.63. The lowest BCUT2D eigenvalue weighted by Gasteiger charge is -2.10. The minimum Gasteiger partial charge on any atom is -0.484 e. The second-order valence-corrected chi connectivity index (χ2v) is 6.63. The molecule has 0 saturated heterocycles. The first-order chi connectivity index (χ1) is 13.7. The first-order valence-corrected chi connectivity index (χ1v) is 9.14. The van der Waals surface area contributed by atoms with Gasteiger partial charge in [-0.25, -0.2) is 0 Å². The van der Waals surface area contributed by atoms with Crippen LogP contribution in [0, 0.1) is 0 Å². The Morgan fingerprint density at radius 3 is 2.43 bits per heavy atom. The number of hydrogen-bond acceptors (Lipinski definition) is 3. The van der Waals surface area contributed by atoms with Gasteiger partial charge >= 0.3 is 0 Å². The van der Waals surface area contributed by atoms with E-state index in [2.05, 4.69) is 22.8 Å². The van der Waals surface area contributed by atoms with Gasteiger partial charge in [0.1, 0.15) is 5.75 Å². The van der Waals surface area contributed by atoms with E-state index in [4.69, 9.17) is 4.74 Å². The highest BCUT2D eigenvalue weighted by Crippen LogP contribution is 2.37. The molecule has 0 aliphatic heterocycles. The third-order valence-corrected chi connectivity index (χ3v) is 4.64. The quantitative estimate of drug-likeness (QED) is 0.545. The number of anilines is 1. The highest BCUT2D eigenvalue weighted by molar-refractivity contribution is 5.95. The van der Waals surface area contributed by atoms with E-state index < -0.39 is 0 Å². The van der Waals surface area contributed by atoms with Crippen molar-refractivity contribution in [2.45, 2.75) is 6.42 Å². The van der Waals surface area contributed by atoms with Crippen LogP contribution in [-0.2, 0) is 16.0 Å². The molecule has 28 heavy (non-hydrogen) atoms. The van der Waals surface area contributed by atoms with Gasteiger partial charge in [0.25, 0.3) is 5.91 Å². The predicted molar refractivity (Wildman–Crippen MR) is 108 cm³/mol. The first-order valence-electron chi connectivity index (χ1n) is 9.14. The summed E-state index contributed by atoms with van der Waals surface area (Å²) in [6, 6.07) is 23.3. The maximum atomic E-state index is 12.2. The van der Waals surface area contributed by atoms with Crippen LogP contribution >= 0.6 is 0 Å². The van der Waals surface area contributed by atoms with Crippen LogP contribution in [0.1, 0.15) is 11.1 Å². The molecule has 3 aromatic carbocycles. The summed E-state index contributed by atoms with van der Waals surface area (Å²) in [4.78, 5) is 24.0. The molecule has 5 nitrogen and oxygen atoms in total. The van der Waals surface area contributed by atoms with Gasteiger partial charge in [0.05, 0.1) is 6.54 Å². The monoisotopic (exact) mass is 372 g/mol. The lowest BCUT2D eigenvalue weighted by molar-refractivity contribution is -0.125. The standard InChI is InChI=1S/C23H20N2O3/c26-22(14-24-23(27)15-28-19-7-2-1-3-8-19)25-18-11-10-17-12-16-6-4-5-9-20(16)21(17)13-18/h1-11,13H,12,14-15H2,(H,24,27)(H,25,26). The molecule has 0 radical (unpaired) electrons. The summed E-state index contributed by atoms with van der Waals surface area (Å²) >= 11 is 0. The van der Waals surface area contributed by atoms with E-state index in [1.54, 1.807) is 12.1 Å². The second kappa shape index (κ2) is 7.96. The van der Waals surface area contributed by atoms with Crippen LogP contribution in [0.15, 0.2) is 72.8 Å². The third kappa shape index (κ3) is 4.04. The minimum absolute atomic E-state index is 0.106. The Morgan fingerprint density at radius 1 is 0.821 bits per heavy atom. The average Bonchev–Trinajstić information content (AvgIpc) is 3.09. The van der Waals surface area contributed by atoms with Crippen LogP contribution in [-0.4, -0.2) is 25.0 Å². The Labute approximate surface area is 163 Å². The van der Waals surface area contributed by atoms with Crippen LogP contribution in [0.5, 0.6) is 5.75 Å². The normalized spacial score (nSPS) is 11.3. The molecule has 0 saturated carbocycles. The maximum absolute atomic E-state index is 12.2. The van der Waals surface area contributed by atoms with Gasteiger partial charge in [-0.3, -0.25) is 9.59 Å². The summed E-state index contributed by atoms with van der Waals surface area (Å²) in [6.07, 6.45) is 0.914. The molecular formula is C23H20N2O3. The van der Waals surface area contributed by atoms with Crippen molar-refractivity contribution in [1.82, 2.24) is 5.32 Å². The molecule has 2 N–H and O–H groups in total. The molecule has 4 rings (SSSR count). The minimum atomic E-state index is -0.345. The van der Waals surface area contributed by atoms with Gasteiger partial charge in [0.2, 0.25) is 5.91 Å². The topological polar surface area (TPSA) is 67.4 Å². The van der Waals surface area contributed by atoms with Gasteiger partial charge in [-0.05, 0) is 52.9 Å². The Bertz CT molecular complexity index is 1020. The Balaban J connectivity index is 1.30. The van der Waals surface area contributed by atoms with Gasteiger partial charge < -0.3 is 15.4 Å². The zero-order chi connectivity index (χ0) is 19.3. The van der Waals surface area contributed by atoms with Crippen LogP contribution in [0.3, 0.4) is 0 Å². The average molecular weight is 372 g/mol. The molecule has 0 bridgehead atoms. The fourth-order valence-corrected chi connectivity index (χ4v) is 3.30. The number of amides is 2. The first kappa shape index (κ1) is 17.8. The van der Waals surface area contributed by atoms with E-state index >= 15 is 0 Å². The summed E-state index contributed by atoms with van der Waals surface area (Å²) in [5, 5.41) is 5.40. The number of carbonyl (C=O) groups excluding carboxylic acids is 2. The predicted octanol–water partition coefficient (Wildman–Crippen LogP) is 3.39. The molecule has 1 aliphatic carbocycles. The van der Waals surface area contributed by atoms with Crippen molar-refractivity contribution < 1.29 is 14.3 Å². The van der Waals surface area contributed by atoms with Gasteiger partial charge in [-0.15, -0.1) is 0 Å². The molecule has 0 atom stereocenters. The number of ether oxygens (including phenoxy) is 1. The summed E-state index contributed by atoms with van der Waals surface area (Å²) in [5.41, 5.74) is 5.63. The molecule has 0 aromatic heterocycles. The van der Waals surface area contributed by atoms with E-state index in [1.165, 1.54) is 16.7 Å². The fourth-order valence-electron chi connectivity index (χ4n) is 3.30. The van der Waals surface area contributed by atoms with Crippen LogP contribution in [0.4, 0.5) is 5.69 Å². The number of rotatable bonds is 6. The van der Waals surface area contributed by atoms with Gasteiger partial charge in [-0.2, -0.15) is 0 Å². The number of carbonyl (C=O) groups is 2. The van der Waals surface area contributed by atoms with Gasteiger partial charge in [0.15, 0.2) is 6.61 Å². The Morgan fingerprint density at radius 2 is 1.57 bits per heavy atom. The Hall–Kier alpha value is -3.60. The van der Waals surface area contributed by atoms with Crippen molar-refractivity contribution in [1.29, 1.82) is 0 Å². The van der Waals surface area contributed by atoms with Crippen molar-refractivity contribution in [2.24, 2.45) is 0 Å². The smallest absolute Gasteiger partial charge is 0.258 e. The van der Waals surface area contributed by atoms with Crippen molar-refractivity contribution in [2.75, 3.05) is 18.5 Å². The third-order valence-electron chi connectivity index (χ3n) is 4.64. The summed E-state index contributed by atoms with van der Waals surface area (Å²) in [5.74, 6) is -0.0123. The highest BCUT2D eigenvalue weighted by Gasteiger charge is 2.18. The van der Waals surface area contributed by atoms with Crippen molar-refractivity contribution in [3.63, 3.8) is 0 Å². The molecule has 0 fully saturated rings. The molecule has 1 aliphatic rings. The van der Waals surface area contributed by atoms with Crippen molar-refractivity contribution >= 4 is 17.5 Å². The highest BCUT2D eigenvalue weighted by atomic mass is 16.5. The SMILES string of the molecule is O=C(COc1ccccc1)NCC(=O)Nc1ccc2c(c1)-c1ccccc1C2. The number of fused-ring (bicyclic) bond motifs is 3. The largest absolute Gasteiger partial charge is 0.484 e. The molecule has 2 amide bonds. The van der Waals surface area contributed by atoms with E-state index in [9.17, 15) is 9.59 Å². The van der Waals surface area contributed by atoms with E-state index in [0.29, 0.717) is 5.75 Å². The molecule has 5 heteroatoms. The van der Waals surface area contributed by atoms with Crippen molar-refractivity contribution in [3.05, 3.63) is 83.9 Å². The molecular weight excluding hydrogens is 352 g/mol. The number of nitrogens with one attached hydrogen (secondary N) is 2. The van der Waals surface area contributed by atoms with E-state index in [1.807, 2.05) is 48.5 Å². The zero-order valence-corrected chi connectivity index (χ0v) is 15.3. The molecule has 0 spiro atoms. The van der Waals surface area contributed by atoms with Crippen LogP contribution in [0.2, 0.25) is 0 Å². The number of benzene rings is 3. The van der Waals surface area contributed by atoms with Gasteiger partial charge in [0, 0.05) is 5.69 Å². The zero-order valence-electron chi connectivity index (χ0n) is 15.3. The van der Waals surface area contributed by atoms with E-state index in [0.717, 1.165) is 17.7 Å². The van der Waals surface area contributed by atoms with Crippen molar-refractivity contribution in [3.8, 4) is 16.9 Å². The summed E-state index contributed by atoms with van der Waals surface area (Å²) in [6.45, 7) is -0.239. The lowest BCUT2D eigenvalue weighted by Crippen LogP contribution is -2.35. The number of para-hydroxylation sites is 1. The molecule has 3 aromatic rings. The van der Waals surface area contributed by atoms with E-state index in [-0.39, 0.29) is 25.0 Å². The lowest BCUT2D eigenvalue weighted by atomic mass is 10.1. The molecule has 0 unspecified atom stereocenters. The van der Waals surface area contributed by atoms with Gasteiger partial charge in [-0.1, -0.05) is 48.5 Å². The van der Waals surface area contributed by atoms with Crippen LogP contribution < -0.4 is 15.4 Å². The summed E-state index contributed by atoms with van der Waals surface area (Å²) < 4.78 is 5.36. The maximum Gasteiger partial charge on any atom is 0.258 e. The fraction of sp³-hybridized carbons (Fsp3) is 0.130. The summed E-state index contributed by atoms with van der Waals surface area (Å²) in [7, 11) is 0. The molecule has 0 heterocycles.